The van der Waals surface area contributed by atoms with Crippen molar-refractivity contribution >= 4 is 11.0 Å². The largest absolute Gasteiger partial charge is 0.341 e. The lowest BCUT2D eigenvalue weighted by atomic mass is 10.1. The summed E-state index contributed by atoms with van der Waals surface area (Å²) in [7, 11) is 2.01. The van der Waals surface area contributed by atoms with Crippen molar-refractivity contribution in [3.63, 3.8) is 0 Å². The zero-order valence-corrected chi connectivity index (χ0v) is 16.4. The predicted molar refractivity (Wildman–Crippen MR) is 103 cm³/mol. The third kappa shape index (κ3) is 3.33. The fourth-order valence-electron chi connectivity index (χ4n) is 3.30. The van der Waals surface area contributed by atoms with Crippen LogP contribution < -0.4 is 0 Å². The molecule has 5 heteroatoms. The van der Waals surface area contributed by atoms with E-state index in [9.17, 15) is 0 Å². The predicted octanol–water partition coefficient (Wildman–Crippen LogP) is 3.94. The average Bonchev–Trinajstić information content (AvgIpc) is 3.06. The highest BCUT2D eigenvalue weighted by molar-refractivity contribution is 5.79. The summed E-state index contributed by atoms with van der Waals surface area (Å²) in [5, 5.41) is 4.55. The Balaban J connectivity index is 1.88. The van der Waals surface area contributed by atoms with Gasteiger partial charge in [0.15, 0.2) is 0 Å². The maximum absolute atomic E-state index is 4.87. The topological polar surface area (TPSA) is 49.7 Å². The van der Waals surface area contributed by atoms with Crippen molar-refractivity contribution in [2.75, 3.05) is 0 Å². The van der Waals surface area contributed by atoms with Crippen LogP contribution >= 0.6 is 0 Å². The summed E-state index contributed by atoms with van der Waals surface area (Å²) in [6.07, 6.45) is 0. The summed E-state index contributed by atoms with van der Waals surface area (Å²) >= 11 is 0. The van der Waals surface area contributed by atoms with E-state index < -0.39 is 0 Å². The molecule has 0 radical (unpaired) electrons. The summed E-state index contributed by atoms with van der Waals surface area (Å²) in [4.78, 5) is 10.8. The Morgan fingerprint density at radius 2 is 1.84 bits per heavy atom. The SMILES string of the molecule is Cc1ccc2[nH]c(CN(Cc3c(C)nn(C)c3C)C(C)C)nc2c1C. The number of rotatable bonds is 5. The van der Waals surface area contributed by atoms with Gasteiger partial charge >= 0.3 is 0 Å². The first kappa shape index (κ1) is 17.7. The standard InChI is InChI=1S/C20H29N5/c1-12(2)25(10-17-15(5)23-24(7)16(17)6)11-19-21-18-9-8-13(3)14(4)20(18)22-19/h8-9,12H,10-11H2,1-7H3,(H,21,22). The van der Waals surface area contributed by atoms with Crippen molar-refractivity contribution in [1.29, 1.82) is 0 Å². The minimum atomic E-state index is 0.426. The molecule has 0 aliphatic carbocycles. The lowest BCUT2D eigenvalue weighted by Gasteiger charge is -2.25. The highest BCUT2D eigenvalue weighted by Crippen LogP contribution is 2.22. The van der Waals surface area contributed by atoms with Gasteiger partial charge in [-0.05, 0) is 58.7 Å². The molecule has 0 spiro atoms. The number of aryl methyl sites for hydroxylation is 4. The highest BCUT2D eigenvalue weighted by atomic mass is 15.3. The van der Waals surface area contributed by atoms with Crippen molar-refractivity contribution in [3.8, 4) is 0 Å². The molecule has 5 nitrogen and oxygen atoms in total. The molecule has 1 aromatic carbocycles. The molecule has 0 fully saturated rings. The summed E-state index contributed by atoms with van der Waals surface area (Å²) in [6, 6.07) is 4.71. The molecule has 134 valence electrons. The van der Waals surface area contributed by atoms with Gasteiger partial charge in [-0.3, -0.25) is 9.58 Å². The molecule has 3 aromatic rings. The van der Waals surface area contributed by atoms with E-state index >= 15 is 0 Å². The number of aromatic amines is 1. The lowest BCUT2D eigenvalue weighted by Crippen LogP contribution is -2.30. The van der Waals surface area contributed by atoms with Gasteiger partial charge in [-0.1, -0.05) is 6.07 Å². The van der Waals surface area contributed by atoms with Crippen LogP contribution in [0.3, 0.4) is 0 Å². The van der Waals surface area contributed by atoms with Gasteiger partial charge < -0.3 is 4.98 Å². The van der Waals surface area contributed by atoms with E-state index in [2.05, 4.69) is 68.7 Å². The quantitative estimate of drug-likeness (QED) is 0.766. The minimum Gasteiger partial charge on any atom is -0.341 e. The lowest BCUT2D eigenvalue weighted by molar-refractivity contribution is 0.198. The summed E-state index contributed by atoms with van der Waals surface area (Å²) in [5.74, 6) is 1.02. The fraction of sp³-hybridized carbons (Fsp3) is 0.500. The zero-order chi connectivity index (χ0) is 18.3. The monoisotopic (exact) mass is 339 g/mol. The number of imidazole rings is 1. The zero-order valence-electron chi connectivity index (χ0n) is 16.4. The number of benzene rings is 1. The fourth-order valence-corrected chi connectivity index (χ4v) is 3.30. The third-order valence-corrected chi connectivity index (χ3v) is 5.33. The summed E-state index contributed by atoms with van der Waals surface area (Å²) in [6.45, 7) is 14.7. The van der Waals surface area contributed by atoms with E-state index in [1.807, 2.05) is 11.7 Å². The Labute approximate surface area is 150 Å². The van der Waals surface area contributed by atoms with E-state index in [0.717, 1.165) is 35.6 Å². The summed E-state index contributed by atoms with van der Waals surface area (Å²) < 4.78 is 1.97. The number of nitrogens with zero attached hydrogens (tertiary/aromatic N) is 4. The molecule has 0 aliphatic heterocycles. The van der Waals surface area contributed by atoms with E-state index in [0.29, 0.717) is 6.04 Å². The molecule has 3 rings (SSSR count). The molecule has 25 heavy (non-hydrogen) atoms. The van der Waals surface area contributed by atoms with Crippen molar-refractivity contribution in [2.45, 2.75) is 60.7 Å². The Bertz CT molecular complexity index is 901. The van der Waals surface area contributed by atoms with Crippen molar-refractivity contribution in [2.24, 2.45) is 7.05 Å². The second-order valence-corrected chi connectivity index (χ2v) is 7.36. The van der Waals surface area contributed by atoms with Crippen LogP contribution in [0.4, 0.5) is 0 Å². The second kappa shape index (κ2) is 6.64. The molecular formula is C20H29N5. The Morgan fingerprint density at radius 3 is 2.44 bits per heavy atom. The second-order valence-electron chi connectivity index (χ2n) is 7.36. The van der Waals surface area contributed by atoms with Crippen molar-refractivity contribution in [1.82, 2.24) is 24.6 Å². The molecule has 0 amide bonds. The number of nitrogens with one attached hydrogen (secondary N) is 1. The Hall–Kier alpha value is -2.14. The molecule has 0 aliphatic rings. The van der Waals surface area contributed by atoms with Gasteiger partial charge in [0.25, 0.3) is 0 Å². The van der Waals surface area contributed by atoms with Gasteiger partial charge in [-0.15, -0.1) is 0 Å². The maximum Gasteiger partial charge on any atom is 0.121 e. The van der Waals surface area contributed by atoms with Gasteiger partial charge in [0.05, 0.1) is 23.3 Å². The van der Waals surface area contributed by atoms with Crippen LogP contribution in [0.25, 0.3) is 11.0 Å². The van der Waals surface area contributed by atoms with Crippen molar-refractivity contribution < 1.29 is 0 Å². The van der Waals surface area contributed by atoms with Crippen LogP contribution in [-0.4, -0.2) is 30.7 Å². The first-order chi connectivity index (χ1) is 11.8. The average molecular weight is 339 g/mol. The van der Waals surface area contributed by atoms with Crippen LogP contribution in [0.15, 0.2) is 12.1 Å². The molecule has 2 heterocycles. The molecule has 0 bridgehead atoms. The van der Waals surface area contributed by atoms with E-state index in [4.69, 9.17) is 4.98 Å². The Kier molecular flexibility index (Phi) is 4.69. The first-order valence-corrected chi connectivity index (χ1v) is 8.95. The molecule has 1 N–H and O–H groups in total. The summed E-state index contributed by atoms with van der Waals surface area (Å²) in [5.41, 5.74) is 8.42. The number of fused-ring (bicyclic) bond motifs is 1. The Morgan fingerprint density at radius 1 is 1.12 bits per heavy atom. The van der Waals surface area contributed by atoms with E-state index in [-0.39, 0.29) is 0 Å². The number of H-pyrrole nitrogens is 1. The van der Waals surface area contributed by atoms with Gasteiger partial charge in [-0.2, -0.15) is 5.10 Å². The van der Waals surface area contributed by atoms with Crippen LogP contribution in [0.5, 0.6) is 0 Å². The van der Waals surface area contributed by atoms with Crippen LogP contribution in [0.2, 0.25) is 0 Å². The normalized spacial score (nSPS) is 12.0. The van der Waals surface area contributed by atoms with E-state index in [1.54, 1.807) is 0 Å². The molecule has 0 unspecified atom stereocenters. The highest BCUT2D eigenvalue weighted by Gasteiger charge is 2.18. The molecular weight excluding hydrogens is 310 g/mol. The van der Waals surface area contributed by atoms with Gasteiger partial charge in [-0.25, -0.2) is 4.98 Å². The van der Waals surface area contributed by atoms with Gasteiger partial charge in [0.2, 0.25) is 0 Å². The van der Waals surface area contributed by atoms with Gasteiger partial charge in [0, 0.05) is 30.9 Å². The molecule has 0 atom stereocenters. The molecule has 0 saturated heterocycles. The number of hydrogen-bond donors (Lipinski definition) is 1. The van der Waals surface area contributed by atoms with Crippen molar-refractivity contribution in [3.05, 3.63) is 46.0 Å². The maximum atomic E-state index is 4.87. The smallest absolute Gasteiger partial charge is 0.121 e. The molecule has 0 saturated carbocycles. The minimum absolute atomic E-state index is 0.426. The van der Waals surface area contributed by atoms with Gasteiger partial charge in [0.1, 0.15) is 5.82 Å². The number of hydrogen-bond acceptors (Lipinski definition) is 3. The third-order valence-electron chi connectivity index (χ3n) is 5.33. The molecule has 2 aromatic heterocycles. The van der Waals surface area contributed by atoms with E-state index in [1.165, 1.54) is 22.4 Å². The van der Waals surface area contributed by atoms with Crippen LogP contribution in [0, 0.1) is 27.7 Å². The first-order valence-electron chi connectivity index (χ1n) is 8.95. The van der Waals surface area contributed by atoms with Crippen LogP contribution in [0.1, 0.15) is 47.8 Å². The number of aromatic nitrogens is 4. The van der Waals surface area contributed by atoms with Crippen LogP contribution in [-0.2, 0) is 20.1 Å².